The fourth-order valence-corrected chi connectivity index (χ4v) is 4.86. The van der Waals surface area contributed by atoms with Crippen molar-refractivity contribution >= 4 is 11.9 Å². The molecule has 6 nitrogen and oxygen atoms in total. The Morgan fingerprint density at radius 1 is 1.00 bits per heavy atom. The molecule has 30 heavy (non-hydrogen) atoms. The molecule has 3 fully saturated rings. The van der Waals surface area contributed by atoms with Gasteiger partial charge in [-0.05, 0) is 43.4 Å². The van der Waals surface area contributed by atoms with Gasteiger partial charge in [-0.2, -0.15) is 0 Å². The Hall–Kier alpha value is -2.15. The molecular formula is C23H32FN3O3. The highest BCUT2D eigenvalue weighted by molar-refractivity contribution is 5.79. The summed E-state index contributed by atoms with van der Waals surface area (Å²) in [6.07, 6.45) is 6.91. The zero-order valence-corrected chi connectivity index (χ0v) is 17.5. The van der Waals surface area contributed by atoms with Crippen molar-refractivity contribution in [3.8, 4) is 0 Å². The van der Waals surface area contributed by atoms with Gasteiger partial charge in [-0.1, -0.05) is 31.4 Å². The molecule has 0 aromatic heterocycles. The minimum absolute atomic E-state index is 0.0865. The van der Waals surface area contributed by atoms with Crippen LogP contribution in [-0.2, 0) is 9.53 Å². The maximum atomic E-state index is 13.5. The first kappa shape index (κ1) is 21.1. The normalized spacial score (nSPS) is 24.0. The maximum absolute atomic E-state index is 13.5. The summed E-state index contributed by atoms with van der Waals surface area (Å²) in [4.78, 5) is 29.2. The van der Waals surface area contributed by atoms with Crippen LogP contribution in [0.4, 0.5) is 9.18 Å². The van der Waals surface area contributed by atoms with Gasteiger partial charge in [0.25, 0.3) is 0 Å². The fraction of sp³-hybridized carbons (Fsp3) is 0.652. The molecule has 2 saturated heterocycles. The SMILES string of the molecule is O=C(NC1CCN(C(=O)C2CCCCC2)CC1)N1CCOC(c2cccc(F)c2)C1. The second kappa shape index (κ2) is 9.77. The van der Waals surface area contributed by atoms with Gasteiger partial charge in [0.05, 0.1) is 13.2 Å². The Morgan fingerprint density at radius 2 is 1.77 bits per heavy atom. The molecule has 1 aliphatic carbocycles. The van der Waals surface area contributed by atoms with Crippen molar-refractivity contribution in [2.45, 2.75) is 57.1 Å². The monoisotopic (exact) mass is 417 g/mol. The van der Waals surface area contributed by atoms with Crippen molar-refractivity contribution in [1.29, 1.82) is 0 Å². The largest absolute Gasteiger partial charge is 0.370 e. The van der Waals surface area contributed by atoms with Crippen LogP contribution in [0.25, 0.3) is 0 Å². The minimum Gasteiger partial charge on any atom is -0.370 e. The minimum atomic E-state index is -0.310. The van der Waals surface area contributed by atoms with Gasteiger partial charge in [0.2, 0.25) is 5.91 Å². The van der Waals surface area contributed by atoms with Crippen LogP contribution in [0, 0.1) is 11.7 Å². The molecule has 1 unspecified atom stereocenters. The number of carbonyl (C=O) groups excluding carboxylic acids is 2. The standard InChI is InChI=1S/C23H32FN3O3/c24-19-8-4-7-18(15-19)21-16-27(13-14-30-21)23(29)25-20-9-11-26(12-10-20)22(28)17-5-2-1-3-6-17/h4,7-8,15,17,20-21H,1-3,5-6,9-14,16H2,(H,25,29). The highest BCUT2D eigenvalue weighted by Gasteiger charge is 2.31. The van der Waals surface area contributed by atoms with Crippen LogP contribution in [0.2, 0.25) is 0 Å². The number of hydrogen-bond acceptors (Lipinski definition) is 3. The van der Waals surface area contributed by atoms with Crippen molar-refractivity contribution in [2.75, 3.05) is 32.8 Å². The summed E-state index contributed by atoms with van der Waals surface area (Å²) < 4.78 is 19.3. The summed E-state index contributed by atoms with van der Waals surface area (Å²) >= 11 is 0. The lowest BCUT2D eigenvalue weighted by molar-refractivity contribution is -0.137. The van der Waals surface area contributed by atoms with Gasteiger partial charge in [0, 0.05) is 31.6 Å². The molecule has 0 bridgehead atoms. The summed E-state index contributed by atoms with van der Waals surface area (Å²) in [6, 6.07) is 6.34. The molecule has 2 heterocycles. The number of nitrogens with one attached hydrogen (secondary N) is 1. The first-order valence-electron chi connectivity index (χ1n) is 11.3. The van der Waals surface area contributed by atoms with Crippen LogP contribution in [-0.4, -0.2) is 60.6 Å². The lowest BCUT2D eigenvalue weighted by Crippen LogP contribution is -2.53. The molecule has 1 atom stereocenters. The second-order valence-electron chi connectivity index (χ2n) is 8.74. The molecule has 1 aromatic carbocycles. The molecule has 0 spiro atoms. The summed E-state index contributed by atoms with van der Waals surface area (Å²) in [6.45, 7) is 2.80. The van der Waals surface area contributed by atoms with Gasteiger partial charge >= 0.3 is 6.03 Å². The zero-order chi connectivity index (χ0) is 20.9. The number of morpholine rings is 1. The van der Waals surface area contributed by atoms with Crippen LogP contribution in [0.3, 0.4) is 0 Å². The van der Waals surface area contributed by atoms with Crippen LogP contribution in [0.5, 0.6) is 0 Å². The lowest BCUT2D eigenvalue weighted by Gasteiger charge is -2.37. The predicted molar refractivity (Wildman–Crippen MR) is 111 cm³/mol. The third-order valence-electron chi connectivity index (χ3n) is 6.66. The molecule has 0 radical (unpaired) electrons. The Labute approximate surface area is 177 Å². The van der Waals surface area contributed by atoms with Gasteiger partial charge in [0.1, 0.15) is 11.9 Å². The number of halogens is 1. The van der Waals surface area contributed by atoms with E-state index in [1.165, 1.54) is 31.4 Å². The fourth-order valence-electron chi connectivity index (χ4n) is 4.86. The van der Waals surface area contributed by atoms with E-state index in [0.717, 1.165) is 44.3 Å². The molecule has 1 N–H and O–H groups in total. The first-order valence-corrected chi connectivity index (χ1v) is 11.3. The number of ether oxygens (including phenoxy) is 1. The molecule has 7 heteroatoms. The topological polar surface area (TPSA) is 61.9 Å². The second-order valence-corrected chi connectivity index (χ2v) is 8.74. The number of hydrogen-bond donors (Lipinski definition) is 1. The quantitative estimate of drug-likeness (QED) is 0.819. The molecule has 2 aliphatic heterocycles. The third-order valence-corrected chi connectivity index (χ3v) is 6.66. The van der Waals surface area contributed by atoms with Crippen LogP contribution in [0.15, 0.2) is 24.3 Å². The average molecular weight is 418 g/mol. The number of nitrogens with zero attached hydrogens (tertiary/aromatic N) is 2. The highest BCUT2D eigenvalue weighted by atomic mass is 19.1. The van der Waals surface area contributed by atoms with Crippen LogP contribution in [0.1, 0.15) is 56.6 Å². The molecular weight excluding hydrogens is 385 g/mol. The number of benzene rings is 1. The number of urea groups is 1. The molecule has 3 aliphatic rings. The van der Waals surface area contributed by atoms with E-state index < -0.39 is 0 Å². The van der Waals surface area contributed by atoms with Crippen molar-refractivity contribution in [3.05, 3.63) is 35.6 Å². The predicted octanol–water partition coefficient (Wildman–Crippen LogP) is 3.48. The van der Waals surface area contributed by atoms with Crippen molar-refractivity contribution < 1.29 is 18.7 Å². The number of rotatable bonds is 3. The molecule has 164 valence electrons. The summed E-state index contributed by atoms with van der Waals surface area (Å²) in [5, 5.41) is 3.13. The van der Waals surface area contributed by atoms with Crippen molar-refractivity contribution in [1.82, 2.24) is 15.1 Å². The molecule has 4 rings (SSSR count). The van der Waals surface area contributed by atoms with E-state index in [1.807, 2.05) is 11.0 Å². The van der Waals surface area contributed by atoms with E-state index in [9.17, 15) is 14.0 Å². The van der Waals surface area contributed by atoms with E-state index in [2.05, 4.69) is 5.32 Å². The van der Waals surface area contributed by atoms with E-state index in [4.69, 9.17) is 4.74 Å². The zero-order valence-electron chi connectivity index (χ0n) is 17.5. The summed E-state index contributed by atoms with van der Waals surface area (Å²) in [5.41, 5.74) is 0.752. The molecule has 3 amide bonds. The Balaban J connectivity index is 1.25. The Kier molecular flexibility index (Phi) is 6.87. The molecule has 1 saturated carbocycles. The summed E-state index contributed by atoms with van der Waals surface area (Å²) in [5.74, 6) is 0.218. The smallest absolute Gasteiger partial charge is 0.317 e. The van der Waals surface area contributed by atoms with E-state index in [-0.39, 0.29) is 29.9 Å². The maximum Gasteiger partial charge on any atom is 0.317 e. The third kappa shape index (κ3) is 5.12. The Bertz CT molecular complexity index is 745. The van der Waals surface area contributed by atoms with E-state index in [1.54, 1.807) is 11.0 Å². The number of piperidine rings is 1. The van der Waals surface area contributed by atoms with Gasteiger partial charge < -0.3 is 19.9 Å². The highest BCUT2D eigenvalue weighted by Crippen LogP contribution is 2.27. The van der Waals surface area contributed by atoms with Gasteiger partial charge in [-0.25, -0.2) is 9.18 Å². The number of amides is 3. The number of carbonyl (C=O) groups is 2. The Morgan fingerprint density at radius 3 is 2.50 bits per heavy atom. The van der Waals surface area contributed by atoms with E-state index >= 15 is 0 Å². The number of likely N-dealkylation sites (tertiary alicyclic amines) is 1. The summed E-state index contributed by atoms with van der Waals surface area (Å²) in [7, 11) is 0. The van der Waals surface area contributed by atoms with Crippen LogP contribution >= 0.6 is 0 Å². The van der Waals surface area contributed by atoms with E-state index in [0.29, 0.717) is 25.6 Å². The van der Waals surface area contributed by atoms with Gasteiger partial charge in [-0.3, -0.25) is 4.79 Å². The van der Waals surface area contributed by atoms with Crippen molar-refractivity contribution in [2.24, 2.45) is 5.92 Å². The van der Waals surface area contributed by atoms with Gasteiger partial charge in [-0.15, -0.1) is 0 Å². The lowest BCUT2D eigenvalue weighted by atomic mass is 9.87. The van der Waals surface area contributed by atoms with Crippen molar-refractivity contribution in [3.63, 3.8) is 0 Å². The van der Waals surface area contributed by atoms with Crippen LogP contribution < -0.4 is 5.32 Å². The molecule has 1 aromatic rings. The average Bonchev–Trinajstić information content (AvgIpc) is 2.80. The first-order chi connectivity index (χ1) is 14.6. The van der Waals surface area contributed by atoms with Gasteiger partial charge in [0.15, 0.2) is 0 Å².